The molecule has 0 aromatic carbocycles. The fourth-order valence-electron chi connectivity index (χ4n) is 1.85. The van der Waals surface area contributed by atoms with Crippen LogP contribution in [0.2, 0.25) is 19.6 Å². The van der Waals surface area contributed by atoms with Crippen LogP contribution in [0.3, 0.4) is 0 Å². The summed E-state index contributed by atoms with van der Waals surface area (Å²) in [6.07, 6.45) is 2.72. The van der Waals surface area contributed by atoms with Gasteiger partial charge in [-0.05, 0) is 34.1 Å². The van der Waals surface area contributed by atoms with Crippen molar-refractivity contribution < 1.29 is 9.53 Å². The van der Waals surface area contributed by atoms with E-state index >= 15 is 0 Å². The first-order valence-electron chi connectivity index (χ1n) is 6.82. The standard InChI is InChI=1S/C14H29NO2Si/c1-9-10-13(18(6,7)8)17-14(16)15(11(2)3)12(4)5/h10-12H,9H2,1-8H3/b13-10+. The molecule has 0 aromatic heterocycles. The number of hydrogen-bond acceptors (Lipinski definition) is 2. The van der Waals surface area contributed by atoms with Crippen LogP contribution in [0.25, 0.3) is 0 Å². The molecule has 1 amide bonds. The topological polar surface area (TPSA) is 29.5 Å². The minimum Gasteiger partial charge on any atom is -0.420 e. The van der Waals surface area contributed by atoms with Crippen LogP contribution in [-0.2, 0) is 4.74 Å². The molecule has 0 saturated carbocycles. The Morgan fingerprint density at radius 1 is 1.17 bits per heavy atom. The van der Waals surface area contributed by atoms with E-state index in [0.717, 1.165) is 11.8 Å². The third-order valence-corrected chi connectivity index (χ3v) is 4.43. The fraction of sp³-hybridized carbons (Fsp3) is 0.786. The second-order valence-electron chi connectivity index (χ2n) is 6.19. The zero-order valence-corrected chi connectivity index (χ0v) is 14.2. The number of ether oxygens (including phenoxy) is 1. The van der Waals surface area contributed by atoms with Gasteiger partial charge in [-0.15, -0.1) is 0 Å². The second-order valence-corrected chi connectivity index (χ2v) is 11.2. The summed E-state index contributed by atoms with van der Waals surface area (Å²) in [6.45, 7) is 16.7. The Hall–Kier alpha value is -0.773. The van der Waals surface area contributed by atoms with E-state index in [2.05, 4.69) is 26.6 Å². The van der Waals surface area contributed by atoms with Gasteiger partial charge in [0.05, 0.1) is 5.38 Å². The van der Waals surface area contributed by atoms with Crippen LogP contribution in [0.5, 0.6) is 0 Å². The maximum Gasteiger partial charge on any atom is 0.414 e. The largest absolute Gasteiger partial charge is 0.420 e. The molecule has 0 radical (unpaired) electrons. The lowest BCUT2D eigenvalue weighted by atomic mass is 10.2. The summed E-state index contributed by atoms with van der Waals surface area (Å²) >= 11 is 0. The molecule has 106 valence electrons. The SMILES string of the molecule is CC/C=C(\OC(=O)N(C(C)C)C(C)C)[Si](C)(C)C. The number of hydrogen-bond donors (Lipinski definition) is 0. The molecule has 3 nitrogen and oxygen atoms in total. The van der Waals surface area contributed by atoms with Crippen molar-refractivity contribution in [2.45, 2.75) is 72.8 Å². The van der Waals surface area contributed by atoms with E-state index in [0.29, 0.717) is 0 Å². The van der Waals surface area contributed by atoms with Gasteiger partial charge in [-0.1, -0.05) is 32.6 Å². The van der Waals surface area contributed by atoms with E-state index in [1.54, 1.807) is 4.90 Å². The molecule has 0 unspecified atom stereocenters. The number of amides is 1. The molecular weight excluding hydrogens is 242 g/mol. The van der Waals surface area contributed by atoms with Crippen LogP contribution in [0.15, 0.2) is 11.5 Å². The maximum absolute atomic E-state index is 12.2. The molecule has 0 aliphatic heterocycles. The highest BCUT2D eigenvalue weighted by molar-refractivity contribution is 6.82. The molecular formula is C14H29NO2Si. The lowest BCUT2D eigenvalue weighted by Crippen LogP contribution is -2.43. The van der Waals surface area contributed by atoms with Crippen molar-refractivity contribution in [3.05, 3.63) is 11.5 Å². The summed E-state index contributed by atoms with van der Waals surface area (Å²) in [6, 6.07) is 0.309. The summed E-state index contributed by atoms with van der Waals surface area (Å²) in [5.41, 5.74) is 0. The summed E-state index contributed by atoms with van der Waals surface area (Å²) < 4.78 is 5.65. The van der Waals surface area contributed by atoms with Crippen molar-refractivity contribution >= 4 is 14.2 Å². The summed E-state index contributed by atoms with van der Waals surface area (Å²) in [5, 5.41) is 0.890. The Balaban J connectivity index is 4.96. The zero-order chi connectivity index (χ0) is 14.5. The summed E-state index contributed by atoms with van der Waals surface area (Å²) in [5.74, 6) is 0. The Morgan fingerprint density at radius 3 is 1.89 bits per heavy atom. The van der Waals surface area contributed by atoms with E-state index in [-0.39, 0.29) is 18.2 Å². The van der Waals surface area contributed by atoms with Gasteiger partial charge in [0, 0.05) is 12.1 Å². The van der Waals surface area contributed by atoms with Gasteiger partial charge >= 0.3 is 6.09 Å². The minimum atomic E-state index is -1.59. The Labute approximate surface area is 113 Å². The Morgan fingerprint density at radius 2 is 1.61 bits per heavy atom. The third-order valence-electron chi connectivity index (χ3n) is 2.65. The van der Waals surface area contributed by atoms with Gasteiger partial charge in [0.15, 0.2) is 0 Å². The quantitative estimate of drug-likeness (QED) is 0.547. The predicted octanol–water partition coefficient (Wildman–Crippen LogP) is 4.41. The highest BCUT2D eigenvalue weighted by atomic mass is 28.3. The average Bonchev–Trinajstić information content (AvgIpc) is 2.13. The number of rotatable bonds is 5. The lowest BCUT2D eigenvalue weighted by molar-refractivity contribution is 0.105. The molecule has 0 saturated heterocycles. The highest BCUT2D eigenvalue weighted by Crippen LogP contribution is 2.19. The van der Waals surface area contributed by atoms with Gasteiger partial charge in [-0.3, -0.25) is 0 Å². The first kappa shape index (κ1) is 17.2. The summed E-state index contributed by atoms with van der Waals surface area (Å²) in [4.78, 5) is 14.0. The normalized spacial score (nSPS) is 13.1. The van der Waals surface area contributed by atoms with Crippen molar-refractivity contribution in [1.29, 1.82) is 0 Å². The van der Waals surface area contributed by atoms with Crippen LogP contribution in [0.4, 0.5) is 4.79 Å². The first-order valence-corrected chi connectivity index (χ1v) is 10.3. The molecule has 0 bridgehead atoms. The molecule has 18 heavy (non-hydrogen) atoms. The molecule has 0 atom stereocenters. The Kier molecular flexibility index (Phi) is 6.67. The molecule has 0 aliphatic rings. The van der Waals surface area contributed by atoms with E-state index in [9.17, 15) is 4.79 Å². The van der Waals surface area contributed by atoms with Gasteiger partial charge in [-0.2, -0.15) is 0 Å². The van der Waals surface area contributed by atoms with Gasteiger partial charge in [0.2, 0.25) is 0 Å². The van der Waals surface area contributed by atoms with E-state index in [4.69, 9.17) is 4.74 Å². The maximum atomic E-state index is 12.2. The van der Waals surface area contributed by atoms with E-state index in [1.165, 1.54) is 0 Å². The minimum absolute atomic E-state index is 0.155. The molecule has 0 fully saturated rings. The highest BCUT2D eigenvalue weighted by Gasteiger charge is 2.28. The molecule has 0 heterocycles. The van der Waals surface area contributed by atoms with Crippen LogP contribution < -0.4 is 0 Å². The Bertz CT molecular complexity index is 295. The number of carbonyl (C=O) groups excluding carboxylic acids is 1. The molecule has 0 aliphatic carbocycles. The number of allylic oxidation sites excluding steroid dienone is 1. The van der Waals surface area contributed by atoms with Gasteiger partial charge in [0.25, 0.3) is 0 Å². The smallest absolute Gasteiger partial charge is 0.414 e. The first-order chi connectivity index (χ1) is 8.11. The third kappa shape index (κ3) is 5.25. The fourth-order valence-corrected chi connectivity index (χ4v) is 3.06. The van der Waals surface area contributed by atoms with Crippen molar-refractivity contribution in [3.8, 4) is 0 Å². The molecule has 0 spiro atoms. The van der Waals surface area contributed by atoms with Crippen LogP contribution in [-0.4, -0.2) is 31.2 Å². The van der Waals surface area contributed by atoms with Gasteiger partial charge < -0.3 is 9.64 Å². The second kappa shape index (κ2) is 6.97. The van der Waals surface area contributed by atoms with Crippen LogP contribution >= 0.6 is 0 Å². The van der Waals surface area contributed by atoms with Crippen molar-refractivity contribution in [2.24, 2.45) is 0 Å². The molecule has 0 aromatic rings. The van der Waals surface area contributed by atoms with Crippen molar-refractivity contribution in [3.63, 3.8) is 0 Å². The predicted molar refractivity (Wildman–Crippen MR) is 80.3 cm³/mol. The molecule has 0 N–H and O–H groups in total. The molecule has 4 heteroatoms. The number of carbonyl (C=O) groups is 1. The monoisotopic (exact) mass is 271 g/mol. The van der Waals surface area contributed by atoms with Gasteiger partial charge in [-0.25, -0.2) is 4.79 Å². The van der Waals surface area contributed by atoms with Crippen LogP contribution in [0, 0.1) is 0 Å². The van der Waals surface area contributed by atoms with Crippen LogP contribution in [0.1, 0.15) is 41.0 Å². The van der Waals surface area contributed by atoms with Crippen molar-refractivity contribution in [1.82, 2.24) is 4.90 Å². The van der Waals surface area contributed by atoms with E-state index in [1.807, 2.05) is 33.8 Å². The zero-order valence-electron chi connectivity index (χ0n) is 13.2. The van der Waals surface area contributed by atoms with E-state index < -0.39 is 8.07 Å². The number of nitrogens with zero attached hydrogens (tertiary/aromatic N) is 1. The van der Waals surface area contributed by atoms with Gasteiger partial charge in [0.1, 0.15) is 8.07 Å². The average molecular weight is 271 g/mol. The van der Waals surface area contributed by atoms with Crippen molar-refractivity contribution in [2.75, 3.05) is 0 Å². The lowest BCUT2D eigenvalue weighted by Gasteiger charge is -2.31. The molecule has 0 rings (SSSR count). The summed E-state index contributed by atoms with van der Waals surface area (Å²) in [7, 11) is -1.59.